The van der Waals surface area contributed by atoms with Crippen LogP contribution in [0.3, 0.4) is 0 Å². The Hall–Kier alpha value is -3.12. The zero-order valence-electron chi connectivity index (χ0n) is 16.6. The van der Waals surface area contributed by atoms with Gasteiger partial charge in [0.05, 0.1) is 26.2 Å². The lowest BCUT2D eigenvalue weighted by atomic mass is 10.0. The predicted molar refractivity (Wildman–Crippen MR) is 115 cm³/mol. The lowest BCUT2D eigenvalue weighted by Crippen LogP contribution is -2.06. The number of methoxy groups -OCH3 is 2. The summed E-state index contributed by atoms with van der Waals surface area (Å²) in [5, 5.41) is 0. The Labute approximate surface area is 174 Å². The van der Waals surface area contributed by atoms with Crippen molar-refractivity contribution >= 4 is 23.3 Å². The van der Waals surface area contributed by atoms with Gasteiger partial charge in [0, 0.05) is 28.4 Å². The van der Waals surface area contributed by atoms with E-state index in [9.17, 15) is 4.79 Å². The molecule has 6 heteroatoms. The van der Waals surface area contributed by atoms with Gasteiger partial charge in [0.25, 0.3) is 0 Å². The zero-order chi connectivity index (χ0) is 20.6. The Morgan fingerprint density at radius 1 is 1.00 bits per heavy atom. The maximum Gasteiger partial charge on any atom is 0.341 e. The summed E-state index contributed by atoms with van der Waals surface area (Å²) in [6.07, 6.45) is 5.08. The fraction of sp³-hybridized carbons (Fsp3) is 0.174. The van der Waals surface area contributed by atoms with Crippen LogP contribution in [0.15, 0.2) is 72.1 Å². The first-order chi connectivity index (χ1) is 14.1. The highest BCUT2D eigenvalue weighted by Gasteiger charge is 2.18. The Bertz CT molecular complexity index is 1000. The number of benzene rings is 2. The van der Waals surface area contributed by atoms with Crippen molar-refractivity contribution in [1.29, 1.82) is 0 Å². The van der Waals surface area contributed by atoms with Crippen LogP contribution in [-0.4, -0.2) is 30.2 Å². The number of aryl methyl sites for hydroxylation is 1. The standard InChI is InChI=1S/C23H22N2O3S/c1-16-8-7-11-19(20(14-27-2)23(26)28-3)22(16)29-15-21-24-12-18(13-25-21)17-9-5-4-6-10-17/h4-14H,15H2,1-3H3/b20-14+. The summed E-state index contributed by atoms with van der Waals surface area (Å²) in [7, 11) is 2.87. The van der Waals surface area contributed by atoms with E-state index in [4.69, 9.17) is 9.47 Å². The van der Waals surface area contributed by atoms with Gasteiger partial charge in [-0.05, 0) is 18.1 Å². The van der Waals surface area contributed by atoms with Gasteiger partial charge in [-0.3, -0.25) is 0 Å². The molecule has 5 nitrogen and oxygen atoms in total. The van der Waals surface area contributed by atoms with E-state index in [1.807, 2.05) is 67.8 Å². The van der Waals surface area contributed by atoms with Crippen LogP contribution < -0.4 is 0 Å². The maximum atomic E-state index is 12.2. The highest BCUT2D eigenvalue weighted by molar-refractivity contribution is 7.98. The van der Waals surface area contributed by atoms with Crippen LogP contribution in [0.25, 0.3) is 16.7 Å². The van der Waals surface area contributed by atoms with Crippen LogP contribution in [0.4, 0.5) is 0 Å². The summed E-state index contributed by atoms with van der Waals surface area (Å²) in [6.45, 7) is 2.01. The molecule has 0 aliphatic heterocycles. The molecule has 0 aliphatic rings. The van der Waals surface area contributed by atoms with Gasteiger partial charge >= 0.3 is 5.97 Å². The van der Waals surface area contributed by atoms with E-state index in [0.29, 0.717) is 11.3 Å². The lowest BCUT2D eigenvalue weighted by Gasteiger charge is -2.13. The summed E-state index contributed by atoms with van der Waals surface area (Å²) < 4.78 is 10.0. The molecule has 0 bridgehead atoms. The van der Waals surface area contributed by atoms with Crippen molar-refractivity contribution in [1.82, 2.24) is 9.97 Å². The first kappa shape index (κ1) is 20.6. The van der Waals surface area contributed by atoms with Crippen molar-refractivity contribution in [3.05, 3.63) is 84.1 Å². The van der Waals surface area contributed by atoms with E-state index >= 15 is 0 Å². The Balaban J connectivity index is 1.82. The number of hydrogen-bond donors (Lipinski definition) is 0. The number of rotatable bonds is 7. The number of esters is 1. The summed E-state index contributed by atoms with van der Waals surface area (Å²) >= 11 is 1.58. The smallest absolute Gasteiger partial charge is 0.341 e. The number of thioether (sulfide) groups is 1. The largest absolute Gasteiger partial charge is 0.503 e. The highest BCUT2D eigenvalue weighted by atomic mass is 32.2. The molecule has 0 N–H and O–H groups in total. The summed E-state index contributed by atoms with van der Waals surface area (Å²) in [6, 6.07) is 15.8. The molecule has 0 radical (unpaired) electrons. The van der Waals surface area contributed by atoms with Gasteiger partial charge in [-0.2, -0.15) is 0 Å². The van der Waals surface area contributed by atoms with Crippen LogP contribution in [-0.2, 0) is 20.0 Å². The molecule has 0 fully saturated rings. The number of hydrogen-bond acceptors (Lipinski definition) is 6. The van der Waals surface area contributed by atoms with Crippen molar-refractivity contribution in [2.45, 2.75) is 17.6 Å². The minimum atomic E-state index is -0.442. The summed E-state index contributed by atoms with van der Waals surface area (Å²) in [5.74, 6) is 0.857. The third-order valence-corrected chi connectivity index (χ3v) is 5.53. The molecule has 3 rings (SSSR count). The van der Waals surface area contributed by atoms with Gasteiger partial charge in [0.15, 0.2) is 0 Å². The molecule has 2 aromatic carbocycles. The number of nitrogens with zero attached hydrogens (tertiary/aromatic N) is 2. The first-order valence-corrected chi connectivity index (χ1v) is 10.0. The van der Waals surface area contributed by atoms with Crippen molar-refractivity contribution in [3.8, 4) is 11.1 Å². The van der Waals surface area contributed by atoms with Crippen molar-refractivity contribution in [3.63, 3.8) is 0 Å². The normalized spacial score (nSPS) is 11.2. The molecular weight excluding hydrogens is 384 g/mol. The molecule has 29 heavy (non-hydrogen) atoms. The second kappa shape index (κ2) is 9.89. The van der Waals surface area contributed by atoms with Crippen LogP contribution >= 0.6 is 11.8 Å². The summed E-state index contributed by atoms with van der Waals surface area (Å²) in [4.78, 5) is 22.2. The molecule has 0 spiro atoms. The zero-order valence-corrected chi connectivity index (χ0v) is 17.4. The van der Waals surface area contributed by atoms with Gasteiger partial charge in [-0.15, -0.1) is 11.8 Å². The first-order valence-electron chi connectivity index (χ1n) is 9.04. The topological polar surface area (TPSA) is 61.3 Å². The molecule has 0 unspecified atom stereocenters. The molecule has 3 aromatic rings. The van der Waals surface area contributed by atoms with E-state index in [1.54, 1.807) is 11.8 Å². The fourth-order valence-corrected chi connectivity index (χ4v) is 3.90. The number of aromatic nitrogens is 2. The average Bonchev–Trinajstić information content (AvgIpc) is 2.77. The van der Waals surface area contributed by atoms with Crippen molar-refractivity contribution < 1.29 is 14.3 Å². The van der Waals surface area contributed by atoms with Gasteiger partial charge in [0.2, 0.25) is 0 Å². The SMILES string of the molecule is CO/C=C(/C(=O)OC)c1cccc(C)c1SCc1ncc(-c2ccccc2)cn1. The number of ether oxygens (including phenoxy) is 2. The van der Waals surface area contributed by atoms with E-state index in [-0.39, 0.29) is 0 Å². The third-order valence-electron chi connectivity index (χ3n) is 4.30. The van der Waals surface area contributed by atoms with Gasteiger partial charge in [-0.1, -0.05) is 48.5 Å². The van der Waals surface area contributed by atoms with E-state index < -0.39 is 5.97 Å². The molecule has 1 aromatic heterocycles. The second-order valence-electron chi connectivity index (χ2n) is 6.25. The molecule has 0 saturated heterocycles. The molecule has 1 heterocycles. The Kier molecular flexibility index (Phi) is 7.03. The van der Waals surface area contributed by atoms with E-state index in [0.717, 1.165) is 33.0 Å². The average molecular weight is 407 g/mol. The number of carbonyl (C=O) groups is 1. The highest BCUT2D eigenvalue weighted by Crippen LogP contribution is 2.33. The van der Waals surface area contributed by atoms with Crippen LogP contribution in [0.1, 0.15) is 17.0 Å². The lowest BCUT2D eigenvalue weighted by molar-refractivity contribution is -0.133. The van der Waals surface area contributed by atoms with Crippen LogP contribution in [0.2, 0.25) is 0 Å². The predicted octanol–water partition coefficient (Wildman–Crippen LogP) is 4.90. The molecule has 0 aliphatic carbocycles. The third kappa shape index (κ3) is 5.03. The monoisotopic (exact) mass is 406 g/mol. The van der Waals surface area contributed by atoms with Crippen LogP contribution in [0.5, 0.6) is 0 Å². The van der Waals surface area contributed by atoms with Gasteiger partial charge in [0.1, 0.15) is 11.4 Å². The van der Waals surface area contributed by atoms with Crippen LogP contribution in [0, 0.1) is 6.92 Å². The molecule has 0 amide bonds. The van der Waals surface area contributed by atoms with Gasteiger partial charge < -0.3 is 9.47 Å². The molecule has 0 atom stereocenters. The second-order valence-corrected chi connectivity index (χ2v) is 7.24. The summed E-state index contributed by atoms with van der Waals surface area (Å²) in [5.41, 5.74) is 4.26. The van der Waals surface area contributed by atoms with Gasteiger partial charge in [-0.25, -0.2) is 14.8 Å². The fourth-order valence-electron chi connectivity index (χ4n) is 2.85. The van der Waals surface area contributed by atoms with E-state index in [1.165, 1.54) is 20.5 Å². The minimum absolute atomic E-state index is 0.376. The molecular formula is C23H22N2O3S. The Morgan fingerprint density at radius 2 is 1.72 bits per heavy atom. The minimum Gasteiger partial charge on any atom is -0.503 e. The van der Waals surface area contributed by atoms with Crippen molar-refractivity contribution in [2.75, 3.05) is 14.2 Å². The Morgan fingerprint density at radius 3 is 2.38 bits per heavy atom. The molecule has 148 valence electrons. The quantitative estimate of drug-likeness (QED) is 0.241. The van der Waals surface area contributed by atoms with E-state index in [2.05, 4.69) is 9.97 Å². The van der Waals surface area contributed by atoms with Crippen molar-refractivity contribution in [2.24, 2.45) is 0 Å². The maximum absolute atomic E-state index is 12.2. The number of carbonyl (C=O) groups excluding carboxylic acids is 1. The molecule has 0 saturated carbocycles.